The Bertz CT molecular complexity index is 525. The smallest absolute Gasteiger partial charge is 0.308 e. The fourth-order valence-electron chi connectivity index (χ4n) is 2.16. The first kappa shape index (κ1) is 18.7. The molecule has 0 aliphatic rings. The SMILES string of the molecule is C=CCCC(=O)NC(CC(=O)O[C@H](C)CC=C)c1ccccc1. The van der Waals surface area contributed by atoms with Crippen LogP contribution < -0.4 is 5.32 Å². The Morgan fingerprint density at radius 2 is 1.91 bits per heavy atom. The molecule has 0 radical (unpaired) electrons. The number of benzene rings is 1. The molecule has 1 rings (SSSR count). The molecule has 1 aromatic rings. The maximum absolute atomic E-state index is 12.1. The van der Waals surface area contributed by atoms with Crippen molar-refractivity contribution in [1.82, 2.24) is 5.32 Å². The van der Waals surface area contributed by atoms with E-state index in [2.05, 4.69) is 18.5 Å². The van der Waals surface area contributed by atoms with Crippen molar-refractivity contribution in [3.63, 3.8) is 0 Å². The van der Waals surface area contributed by atoms with Crippen molar-refractivity contribution in [3.05, 3.63) is 61.2 Å². The summed E-state index contributed by atoms with van der Waals surface area (Å²) in [6, 6.07) is 9.04. The van der Waals surface area contributed by atoms with E-state index in [1.165, 1.54) is 0 Å². The van der Waals surface area contributed by atoms with Gasteiger partial charge < -0.3 is 10.1 Å². The van der Waals surface area contributed by atoms with Gasteiger partial charge in [-0.05, 0) is 18.9 Å². The molecule has 124 valence electrons. The second-order valence-corrected chi connectivity index (χ2v) is 5.39. The summed E-state index contributed by atoms with van der Waals surface area (Å²) in [5.41, 5.74) is 0.882. The molecule has 0 aliphatic heterocycles. The topological polar surface area (TPSA) is 55.4 Å². The van der Waals surface area contributed by atoms with Crippen LogP contribution >= 0.6 is 0 Å². The molecule has 0 aliphatic carbocycles. The molecule has 1 N–H and O–H groups in total. The Morgan fingerprint density at radius 3 is 2.52 bits per heavy atom. The molecule has 0 aromatic heterocycles. The third kappa shape index (κ3) is 7.45. The number of carbonyl (C=O) groups excluding carboxylic acids is 2. The van der Waals surface area contributed by atoms with Gasteiger partial charge in [-0.15, -0.1) is 13.2 Å². The predicted molar refractivity (Wildman–Crippen MR) is 91.7 cm³/mol. The normalized spacial score (nSPS) is 12.7. The monoisotopic (exact) mass is 315 g/mol. The standard InChI is InChI=1S/C19H25NO3/c1-4-6-13-18(21)20-17(16-11-8-7-9-12-16)14-19(22)23-15(3)10-5-2/h4-5,7-9,11-12,15,17H,1-2,6,10,13-14H2,3H3,(H,20,21)/t15-,17?/m1/s1. The van der Waals surface area contributed by atoms with Crippen LogP contribution in [0.3, 0.4) is 0 Å². The van der Waals surface area contributed by atoms with E-state index < -0.39 is 6.04 Å². The number of allylic oxidation sites excluding steroid dienone is 1. The van der Waals surface area contributed by atoms with Crippen molar-refractivity contribution in [2.24, 2.45) is 0 Å². The van der Waals surface area contributed by atoms with Crippen LogP contribution in [0.4, 0.5) is 0 Å². The Labute approximate surface area is 138 Å². The molecule has 4 heteroatoms. The molecule has 0 spiro atoms. The van der Waals surface area contributed by atoms with Crippen LogP contribution in [0.2, 0.25) is 0 Å². The minimum Gasteiger partial charge on any atom is -0.462 e. The van der Waals surface area contributed by atoms with Crippen LogP contribution in [-0.4, -0.2) is 18.0 Å². The molecule has 0 fully saturated rings. The largest absolute Gasteiger partial charge is 0.462 e. The number of hydrogen-bond acceptors (Lipinski definition) is 3. The number of ether oxygens (including phenoxy) is 1. The van der Waals surface area contributed by atoms with Gasteiger partial charge in [0.25, 0.3) is 0 Å². The summed E-state index contributed by atoms with van der Waals surface area (Å²) < 4.78 is 5.33. The first-order chi connectivity index (χ1) is 11.1. The summed E-state index contributed by atoms with van der Waals surface area (Å²) in [4.78, 5) is 24.1. The van der Waals surface area contributed by atoms with Crippen molar-refractivity contribution >= 4 is 11.9 Å². The predicted octanol–water partition coefficient (Wildman–Crippen LogP) is 3.71. The van der Waals surface area contributed by atoms with Crippen molar-refractivity contribution in [2.75, 3.05) is 0 Å². The first-order valence-corrected chi connectivity index (χ1v) is 7.82. The molecule has 23 heavy (non-hydrogen) atoms. The van der Waals surface area contributed by atoms with Crippen LogP contribution in [0.25, 0.3) is 0 Å². The lowest BCUT2D eigenvalue weighted by Crippen LogP contribution is -2.31. The number of hydrogen-bond donors (Lipinski definition) is 1. The fraction of sp³-hybridized carbons (Fsp3) is 0.368. The Balaban J connectivity index is 2.71. The average Bonchev–Trinajstić information content (AvgIpc) is 2.53. The van der Waals surface area contributed by atoms with Gasteiger partial charge in [0.15, 0.2) is 0 Å². The molecule has 4 nitrogen and oxygen atoms in total. The van der Waals surface area contributed by atoms with Crippen LogP contribution in [0, 0.1) is 0 Å². The highest BCUT2D eigenvalue weighted by molar-refractivity contribution is 5.78. The zero-order valence-electron chi connectivity index (χ0n) is 13.7. The Morgan fingerprint density at radius 1 is 1.22 bits per heavy atom. The summed E-state index contributed by atoms with van der Waals surface area (Å²) in [7, 11) is 0. The Kier molecular flexibility index (Phi) is 8.43. The van der Waals surface area contributed by atoms with Gasteiger partial charge >= 0.3 is 5.97 Å². The van der Waals surface area contributed by atoms with E-state index in [0.717, 1.165) is 5.56 Å². The molecule has 1 aromatic carbocycles. The molecule has 2 atom stereocenters. The highest BCUT2D eigenvalue weighted by atomic mass is 16.5. The number of nitrogens with one attached hydrogen (secondary N) is 1. The van der Waals surface area contributed by atoms with Gasteiger partial charge in [0, 0.05) is 12.8 Å². The summed E-state index contributed by atoms with van der Waals surface area (Å²) in [6.07, 6.45) is 4.86. The van der Waals surface area contributed by atoms with Crippen LogP contribution in [-0.2, 0) is 14.3 Å². The van der Waals surface area contributed by atoms with Crippen molar-refractivity contribution in [3.8, 4) is 0 Å². The van der Waals surface area contributed by atoms with E-state index in [4.69, 9.17) is 4.74 Å². The van der Waals surface area contributed by atoms with Gasteiger partial charge in [0.2, 0.25) is 5.91 Å². The minimum atomic E-state index is -0.392. The third-order valence-corrected chi connectivity index (χ3v) is 3.31. The summed E-state index contributed by atoms with van der Waals surface area (Å²) >= 11 is 0. The van der Waals surface area contributed by atoms with Crippen LogP contribution in [0.5, 0.6) is 0 Å². The molecule has 1 amide bonds. The highest BCUT2D eigenvalue weighted by Gasteiger charge is 2.20. The molecule has 0 bridgehead atoms. The minimum absolute atomic E-state index is 0.103. The average molecular weight is 315 g/mol. The van der Waals surface area contributed by atoms with Crippen molar-refractivity contribution in [1.29, 1.82) is 0 Å². The van der Waals surface area contributed by atoms with E-state index in [1.807, 2.05) is 37.3 Å². The van der Waals surface area contributed by atoms with Gasteiger partial charge in [-0.2, -0.15) is 0 Å². The van der Waals surface area contributed by atoms with Gasteiger partial charge in [-0.3, -0.25) is 9.59 Å². The van der Waals surface area contributed by atoms with Crippen LogP contribution in [0.15, 0.2) is 55.6 Å². The second kappa shape index (κ2) is 10.4. The second-order valence-electron chi connectivity index (χ2n) is 5.39. The first-order valence-electron chi connectivity index (χ1n) is 7.82. The number of esters is 1. The van der Waals surface area contributed by atoms with E-state index >= 15 is 0 Å². The molecule has 0 saturated carbocycles. The van der Waals surface area contributed by atoms with Crippen LogP contribution in [0.1, 0.15) is 44.2 Å². The van der Waals surface area contributed by atoms with Gasteiger partial charge in [-0.25, -0.2) is 0 Å². The maximum atomic E-state index is 12.1. The summed E-state index contributed by atoms with van der Waals surface area (Å²) in [5.74, 6) is -0.442. The van der Waals surface area contributed by atoms with Crippen molar-refractivity contribution < 1.29 is 14.3 Å². The zero-order valence-corrected chi connectivity index (χ0v) is 13.7. The lowest BCUT2D eigenvalue weighted by atomic mass is 10.0. The van der Waals surface area contributed by atoms with E-state index in [-0.39, 0.29) is 24.4 Å². The van der Waals surface area contributed by atoms with E-state index in [1.54, 1.807) is 12.2 Å². The summed E-state index contributed by atoms with van der Waals surface area (Å²) in [5, 5.41) is 2.90. The lowest BCUT2D eigenvalue weighted by molar-refractivity contribution is -0.148. The van der Waals surface area contributed by atoms with E-state index in [9.17, 15) is 9.59 Å². The van der Waals surface area contributed by atoms with E-state index in [0.29, 0.717) is 19.3 Å². The van der Waals surface area contributed by atoms with Gasteiger partial charge in [-0.1, -0.05) is 42.5 Å². The molecular formula is C19H25NO3. The maximum Gasteiger partial charge on any atom is 0.308 e. The molecular weight excluding hydrogens is 290 g/mol. The fourth-order valence-corrected chi connectivity index (χ4v) is 2.16. The lowest BCUT2D eigenvalue weighted by Gasteiger charge is -2.20. The quantitative estimate of drug-likeness (QED) is 0.529. The Hall–Kier alpha value is -2.36. The zero-order chi connectivity index (χ0) is 17.1. The van der Waals surface area contributed by atoms with Crippen molar-refractivity contribution in [2.45, 2.75) is 44.8 Å². The van der Waals surface area contributed by atoms with Gasteiger partial charge in [0.1, 0.15) is 6.10 Å². The third-order valence-electron chi connectivity index (χ3n) is 3.31. The number of rotatable bonds is 10. The highest BCUT2D eigenvalue weighted by Crippen LogP contribution is 2.18. The number of amides is 1. The number of carbonyl (C=O) groups is 2. The van der Waals surface area contributed by atoms with Gasteiger partial charge in [0.05, 0.1) is 12.5 Å². The molecule has 1 unspecified atom stereocenters. The summed E-state index contributed by atoms with van der Waals surface area (Å²) in [6.45, 7) is 9.05. The molecule has 0 heterocycles. The molecule has 0 saturated heterocycles.